The lowest BCUT2D eigenvalue weighted by Crippen LogP contribution is -2.24. The van der Waals surface area contributed by atoms with Crippen LogP contribution in [0.4, 0.5) is 0 Å². The van der Waals surface area contributed by atoms with Crippen molar-refractivity contribution in [3.63, 3.8) is 0 Å². The zero-order chi connectivity index (χ0) is 16.6. The van der Waals surface area contributed by atoms with Gasteiger partial charge >= 0.3 is 0 Å². The van der Waals surface area contributed by atoms with Crippen LogP contribution in [0.5, 0.6) is 23.0 Å². The number of methoxy groups -OCH3 is 1. The number of nitrogens with zero attached hydrogens (tertiary/aromatic N) is 1. The summed E-state index contributed by atoms with van der Waals surface area (Å²) in [5.41, 5.74) is 3.03. The van der Waals surface area contributed by atoms with E-state index in [-0.39, 0.29) is 23.2 Å². The Morgan fingerprint density at radius 2 is 1.78 bits per heavy atom. The van der Waals surface area contributed by atoms with E-state index in [0.717, 1.165) is 36.2 Å². The zero-order valence-electron chi connectivity index (χ0n) is 13.3. The van der Waals surface area contributed by atoms with Crippen LogP contribution in [0.3, 0.4) is 0 Å². The third-order valence-corrected chi connectivity index (χ3v) is 4.48. The first-order valence-electron chi connectivity index (χ1n) is 7.59. The SMILES string of the molecule is COc1cc(C2CN(C)CCc3cc(O)c(O)cc32)ccc1O. The first-order chi connectivity index (χ1) is 11.0. The normalized spacial score (nSPS) is 18.3. The van der Waals surface area contributed by atoms with E-state index in [1.54, 1.807) is 18.2 Å². The fourth-order valence-electron chi connectivity index (χ4n) is 3.19. The number of hydrogen-bond donors (Lipinski definition) is 3. The molecule has 0 saturated carbocycles. The van der Waals surface area contributed by atoms with Crippen molar-refractivity contribution in [1.82, 2.24) is 4.90 Å². The number of phenolic OH excluding ortho intramolecular Hbond substituents is 3. The Hall–Kier alpha value is -2.40. The fraction of sp³-hybridized carbons (Fsp3) is 0.333. The quantitative estimate of drug-likeness (QED) is 0.742. The van der Waals surface area contributed by atoms with Crippen LogP contribution in [0.2, 0.25) is 0 Å². The highest BCUT2D eigenvalue weighted by Crippen LogP contribution is 2.39. The molecule has 1 atom stereocenters. The number of fused-ring (bicyclic) bond motifs is 1. The third kappa shape index (κ3) is 2.92. The molecule has 1 unspecified atom stereocenters. The zero-order valence-corrected chi connectivity index (χ0v) is 13.3. The van der Waals surface area contributed by atoms with Gasteiger partial charge in [0.15, 0.2) is 23.0 Å². The van der Waals surface area contributed by atoms with E-state index < -0.39 is 0 Å². The lowest BCUT2D eigenvalue weighted by molar-refractivity contribution is 0.336. The average Bonchev–Trinajstić information content (AvgIpc) is 2.68. The van der Waals surface area contributed by atoms with Crippen molar-refractivity contribution in [3.8, 4) is 23.0 Å². The summed E-state index contributed by atoms with van der Waals surface area (Å²) in [6.07, 6.45) is 0.811. The van der Waals surface area contributed by atoms with Crippen molar-refractivity contribution in [2.24, 2.45) is 0 Å². The lowest BCUT2D eigenvalue weighted by Gasteiger charge is -2.23. The molecule has 1 aliphatic heterocycles. The monoisotopic (exact) mass is 315 g/mol. The van der Waals surface area contributed by atoms with Gasteiger partial charge in [0.25, 0.3) is 0 Å². The molecule has 2 aromatic rings. The minimum atomic E-state index is -0.107. The van der Waals surface area contributed by atoms with Gasteiger partial charge in [0.2, 0.25) is 0 Å². The number of likely N-dealkylation sites (N-methyl/N-ethyl adjacent to an activating group) is 1. The van der Waals surface area contributed by atoms with Gasteiger partial charge in [-0.2, -0.15) is 0 Å². The van der Waals surface area contributed by atoms with Gasteiger partial charge in [0, 0.05) is 19.0 Å². The van der Waals surface area contributed by atoms with E-state index >= 15 is 0 Å². The second-order valence-electron chi connectivity index (χ2n) is 6.04. The van der Waals surface area contributed by atoms with Crippen molar-refractivity contribution in [2.45, 2.75) is 12.3 Å². The number of benzene rings is 2. The Morgan fingerprint density at radius 1 is 1.04 bits per heavy atom. The van der Waals surface area contributed by atoms with Gasteiger partial charge in [-0.25, -0.2) is 0 Å². The number of rotatable bonds is 2. The molecule has 122 valence electrons. The van der Waals surface area contributed by atoms with Crippen molar-refractivity contribution in [1.29, 1.82) is 0 Å². The molecule has 3 N–H and O–H groups in total. The van der Waals surface area contributed by atoms with E-state index in [9.17, 15) is 15.3 Å². The van der Waals surface area contributed by atoms with Gasteiger partial charge in [-0.3, -0.25) is 0 Å². The molecule has 0 amide bonds. The first kappa shape index (κ1) is 15.5. The Labute approximate surface area is 135 Å². The molecule has 3 rings (SSSR count). The van der Waals surface area contributed by atoms with Crippen molar-refractivity contribution < 1.29 is 20.1 Å². The summed E-state index contributed by atoms with van der Waals surface area (Å²) in [7, 11) is 3.58. The molecule has 23 heavy (non-hydrogen) atoms. The summed E-state index contributed by atoms with van der Waals surface area (Å²) in [5.74, 6) is 0.365. The standard InChI is InChI=1S/C18H21NO4/c1-19-6-5-12-7-16(21)17(22)9-13(12)14(10-19)11-3-4-15(20)18(8-11)23-2/h3-4,7-9,14,20-22H,5-6,10H2,1-2H3. The molecule has 5 nitrogen and oxygen atoms in total. The third-order valence-electron chi connectivity index (χ3n) is 4.48. The first-order valence-corrected chi connectivity index (χ1v) is 7.59. The molecule has 0 radical (unpaired) electrons. The van der Waals surface area contributed by atoms with E-state index in [4.69, 9.17) is 4.74 Å². The number of hydrogen-bond acceptors (Lipinski definition) is 5. The highest BCUT2D eigenvalue weighted by Gasteiger charge is 2.25. The van der Waals surface area contributed by atoms with Gasteiger partial charge in [0.05, 0.1) is 7.11 Å². The van der Waals surface area contributed by atoms with Crippen LogP contribution >= 0.6 is 0 Å². The fourth-order valence-corrected chi connectivity index (χ4v) is 3.19. The Kier molecular flexibility index (Phi) is 4.05. The van der Waals surface area contributed by atoms with E-state index in [0.29, 0.717) is 5.75 Å². The van der Waals surface area contributed by atoms with Crippen molar-refractivity contribution in [3.05, 3.63) is 47.0 Å². The molecule has 1 heterocycles. The highest BCUT2D eigenvalue weighted by molar-refractivity contribution is 5.52. The summed E-state index contributed by atoms with van der Waals surface area (Å²) in [6, 6.07) is 8.61. The van der Waals surface area contributed by atoms with Crippen LogP contribution in [0.25, 0.3) is 0 Å². The summed E-state index contributed by atoms with van der Waals surface area (Å²) < 4.78 is 5.21. The van der Waals surface area contributed by atoms with Crippen LogP contribution in [-0.2, 0) is 6.42 Å². The molecule has 5 heteroatoms. The molecule has 2 aromatic carbocycles. The molecule has 0 spiro atoms. The second kappa shape index (κ2) is 6.01. The number of phenols is 3. The van der Waals surface area contributed by atoms with Crippen molar-refractivity contribution in [2.75, 3.05) is 27.2 Å². The summed E-state index contributed by atoms with van der Waals surface area (Å²) in [4.78, 5) is 2.22. The van der Waals surface area contributed by atoms with Crippen LogP contribution < -0.4 is 4.74 Å². The molecular formula is C18H21NO4. The largest absolute Gasteiger partial charge is 0.504 e. The van der Waals surface area contributed by atoms with Crippen LogP contribution in [0, 0.1) is 0 Å². The highest BCUT2D eigenvalue weighted by atomic mass is 16.5. The van der Waals surface area contributed by atoms with Gasteiger partial charge in [-0.05, 0) is 54.4 Å². The molecule has 0 bridgehead atoms. The maximum atomic E-state index is 9.91. The number of aromatic hydroxyl groups is 3. The van der Waals surface area contributed by atoms with Gasteiger partial charge in [-0.15, -0.1) is 0 Å². The average molecular weight is 315 g/mol. The summed E-state index contributed by atoms with van der Waals surface area (Å²) in [6.45, 7) is 1.66. The maximum Gasteiger partial charge on any atom is 0.160 e. The molecule has 0 fully saturated rings. The van der Waals surface area contributed by atoms with E-state index in [1.165, 1.54) is 7.11 Å². The predicted molar refractivity (Wildman–Crippen MR) is 87.5 cm³/mol. The molecule has 0 aromatic heterocycles. The molecular weight excluding hydrogens is 294 g/mol. The van der Waals surface area contributed by atoms with Crippen LogP contribution in [0.1, 0.15) is 22.6 Å². The minimum absolute atomic E-state index is 0.0264. The molecule has 1 aliphatic rings. The summed E-state index contributed by atoms with van der Waals surface area (Å²) >= 11 is 0. The minimum Gasteiger partial charge on any atom is -0.504 e. The Bertz CT molecular complexity index is 729. The number of ether oxygens (including phenoxy) is 1. The molecule has 0 aliphatic carbocycles. The van der Waals surface area contributed by atoms with Crippen LogP contribution in [0.15, 0.2) is 30.3 Å². The van der Waals surface area contributed by atoms with Gasteiger partial charge in [-0.1, -0.05) is 6.07 Å². The topological polar surface area (TPSA) is 73.2 Å². The maximum absolute atomic E-state index is 9.91. The van der Waals surface area contributed by atoms with E-state index in [2.05, 4.69) is 11.9 Å². The lowest BCUT2D eigenvalue weighted by atomic mass is 9.87. The van der Waals surface area contributed by atoms with Gasteiger partial charge in [0.1, 0.15) is 0 Å². The predicted octanol–water partition coefficient (Wildman–Crippen LogP) is 2.43. The van der Waals surface area contributed by atoms with E-state index in [1.807, 2.05) is 12.1 Å². The molecule has 0 saturated heterocycles. The smallest absolute Gasteiger partial charge is 0.160 e. The van der Waals surface area contributed by atoms with Crippen LogP contribution in [-0.4, -0.2) is 47.5 Å². The van der Waals surface area contributed by atoms with Gasteiger partial charge < -0.3 is 25.0 Å². The Morgan fingerprint density at radius 3 is 2.52 bits per heavy atom. The second-order valence-corrected chi connectivity index (χ2v) is 6.04. The Balaban J connectivity index is 2.12. The summed E-state index contributed by atoms with van der Waals surface area (Å²) in [5, 5.41) is 29.5. The van der Waals surface area contributed by atoms with Crippen molar-refractivity contribution >= 4 is 0 Å².